The monoisotopic (exact) mass is 568 g/mol. The maximum atomic E-state index is 13.2. The van der Waals surface area contributed by atoms with Gasteiger partial charge in [0.25, 0.3) is 11.8 Å². The number of anilines is 1. The molecule has 7 nitrogen and oxygen atoms in total. The third kappa shape index (κ3) is 5.45. The molecule has 1 heterocycles. The van der Waals surface area contributed by atoms with Gasteiger partial charge in [0.1, 0.15) is 12.2 Å². The number of amides is 4. The largest absolute Gasteiger partial charge is 0.490 e. The average Bonchev–Trinajstić information content (AvgIpc) is 2.84. The number of nitrogens with zero attached hydrogens (tertiary/aromatic N) is 1. The van der Waals surface area contributed by atoms with E-state index in [0.29, 0.717) is 39.8 Å². The van der Waals surface area contributed by atoms with Crippen LogP contribution < -0.4 is 19.7 Å². The first kappa shape index (κ1) is 25.5. The van der Waals surface area contributed by atoms with Gasteiger partial charge in [-0.25, -0.2) is 9.69 Å². The van der Waals surface area contributed by atoms with Crippen molar-refractivity contribution in [1.29, 1.82) is 0 Å². The third-order valence-electron chi connectivity index (χ3n) is 5.38. The molecule has 3 aromatic rings. The Kier molecular flexibility index (Phi) is 7.76. The summed E-state index contributed by atoms with van der Waals surface area (Å²) in [5.41, 5.74) is 2.33. The zero-order valence-corrected chi connectivity index (χ0v) is 21.9. The van der Waals surface area contributed by atoms with Gasteiger partial charge in [0.15, 0.2) is 11.5 Å². The molecule has 9 heteroatoms. The molecule has 4 rings (SSSR count). The molecule has 0 saturated carbocycles. The molecular weight excluding hydrogens is 548 g/mol. The van der Waals surface area contributed by atoms with Crippen LogP contribution in [0.5, 0.6) is 11.5 Å². The zero-order valence-electron chi connectivity index (χ0n) is 19.5. The van der Waals surface area contributed by atoms with Crippen molar-refractivity contribution >= 4 is 57.1 Å². The summed E-state index contributed by atoms with van der Waals surface area (Å²) >= 11 is 9.70. The molecule has 4 amide bonds. The standard InChI is InChI=1S/C27H22BrClN2O5/c1-3-35-23-13-18(12-21(28)24(23)36-15-17-7-5-4-6-8-17)11-20-25(32)30-27(34)31(26(20)33)19-10-9-16(2)22(29)14-19/h4-14H,3,15H2,1-2H3,(H,30,32,34)/b20-11-. The third-order valence-corrected chi connectivity index (χ3v) is 6.38. The van der Waals surface area contributed by atoms with Crippen LogP contribution in [0.1, 0.15) is 23.6 Å². The fourth-order valence-corrected chi connectivity index (χ4v) is 4.33. The second-order valence-corrected chi connectivity index (χ2v) is 9.19. The van der Waals surface area contributed by atoms with Crippen LogP contribution in [-0.2, 0) is 16.2 Å². The maximum absolute atomic E-state index is 13.2. The second kappa shape index (κ2) is 11.0. The molecule has 0 aromatic heterocycles. The lowest BCUT2D eigenvalue weighted by atomic mass is 10.1. The molecule has 0 atom stereocenters. The molecule has 1 N–H and O–H groups in total. The highest BCUT2D eigenvalue weighted by molar-refractivity contribution is 9.10. The summed E-state index contributed by atoms with van der Waals surface area (Å²) in [5, 5.41) is 2.61. The minimum Gasteiger partial charge on any atom is -0.490 e. The molecule has 184 valence electrons. The SMILES string of the molecule is CCOc1cc(/C=C2/C(=O)NC(=O)N(c3ccc(C)c(Cl)c3)C2=O)cc(Br)c1OCc1ccccc1. The first-order chi connectivity index (χ1) is 17.3. The normalized spacial score (nSPS) is 14.7. The van der Waals surface area contributed by atoms with Gasteiger partial charge < -0.3 is 9.47 Å². The molecule has 1 saturated heterocycles. The van der Waals surface area contributed by atoms with E-state index in [1.807, 2.05) is 37.3 Å². The van der Waals surface area contributed by atoms with Crippen molar-refractivity contribution in [2.45, 2.75) is 20.5 Å². The Morgan fingerprint density at radius 1 is 1.03 bits per heavy atom. The minimum atomic E-state index is -0.845. The Bertz CT molecular complexity index is 1370. The van der Waals surface area contributed by atoms with Crippen molar-refractivity contribution in [3.05, 3.63) is 92.4 Å². The zero-order chi connectivity index (χ0) is 25.8. The summed E-state index contributed by atoms with van der Waals surface area (Å²) in [6.45, 7) is 4.36. The van der Waals surface area contributed by atoms with Crippen molar-refractivity contribution in [3.63, 3.8) is 0 Å². The number of carbonyl (C=O) groups is 3. The number of halogens is 2. The van der Waals surface area contributed by atoms with Crippen LogP contribution in [0.15, 0.2) is 70.7 Å². The molecule has 1 fully saturated rings. The van der Waals surface area contributed by atoms with Gasteiger partial charge in [0.05, 0.1) is 16.8 Å². The second-order valence-electron chi connectivity index (χ2n) is 7.93. The van der Waals surface area contributed by atoms with E-state index in [0.717, 1.165) is 16.0 Å². The van der Waals surface area contributed by atoms with Gasteiger partial charge in [-0.05, 0) is 76.8 Å². The number of urea groups is 1. The van der Waals surface area contributed by atoms with E-state index in [9.17, 15) is 14.4 Å². The van der Waals surface area contributed by atoms with Crippen LogP contribution in [0.25, 0.3) is 6.08 Å². The molecule has 0 spiro atoms. The van der Waals surface area contributed by atoms with Crippen LogP contribution in [0.4, 0.5) is 10.5 Å². The smallest absolute Gasteiger partial charge is 0.335 e. The van der Waals surface area contributed by atoms with E-state index < -0.39 is 17.8 Å². The van der Waals surface area contributed by atoms with Crippen LogP contribution in [0.2, 0.25) is 5.02 Å². The fourth-order valence-electron chi connectivity index (χ4n) is 3.58. The highest BCUT2D eigenvalue weighted by Gasteiger charge is 2.37. The Balaban J connectivity index is 1.67. The number of ether oxygens (including phenoxy) is 2. The van der Waals surface area contributed by atoms with Gasteiger partial charge in [-0.2, -0.15) is 0 Å². The lowest BCUT2D eigenvalue weighted by Gasteiger charge is -2.26. The first-order valence-electron chi connectivity index (χ1n) is 11.1. The quantitative estimate of drug-likeness (QED) is 0.276. The van der Waals surface area contributed by atoms with Gasteiger partial charge >= 0.3 is 6.03 Å². The number of nitrogens with one attached hydrogen (secondary N) is 1. The number of hydrogen-bond acceptors (Lipinski definition) is 5. The molecular formula is C27H22BrClN2O5. The van der Waals surface area contributed by atoms with Crippen LogP contribution in [-0.4, -0.2) is 24.5 Å². The maximum Gasteiger partial charge on any atom is 0.335 e. The number of hydrogen-bond donors (Lipinski definition) is 1. The van der Waals surface area contributed by atoms with Crippen molar-refractivity contribution < 1.29 is 23.9 Å². The topological polar surface area (TPSA) is 84.9 Å². The minimum absolute atomic E-state index is 0.210. The fraction of sp³-hybridized carbons (Fsp3) is 0.148. The Labute approximate surface area is 221 Å². The number of aryl methyl sites for hydroxylation is 1. The highest BCUT2D eigenvalue weighted by atomic mass is 79.9. The van der Waals surface area contributed by atoms with E-state index in [1.54, 1.807) is 31.2 Å². The Morgan fingerprint density at radius 2 is 1.78 bits per heavy atom. The predicted octanol–water partition coefficient (Wildman–Crippen LogP) is 6.06. The number of barbiturate groups is 1. The number of carbonyl (C=O) groups excluding carboxylic acids is 3. The highest BCUT2D eigenvalue weighted by Crippen LogP contribution is 2.38. The summed E-state index contributed by atoms with van der Waals surface area (Å²) in [6.07, 6.45) is 1.40. The molecule has 0 unspecified atom stereocenters. The molecule has 1 aliphatic heterocycles. The number of imide groups is 2. The summed E-state index contributed by atoms with van der Waals surface area (Å²) in [7, 11) is 0. The number of benzene rings is 3. The van der Waals surface area contributed by atoms with Crippen LogP contribution >= 0.6 is 27.5 Å². The molecule has 0 bridgehead atoms. The number of rotatable bonds is 7. The Hall–Kier alpha value is -3.62. The molecule has 0 radical (unpaired) electrons. The van der Waals surface area contributed by atoms with Crippen molar-refractivity contribution in [3.8, 4) is 11.5 Å². The van der Waals surface area contributed by atoms with Gasteiger partial charge in [0.2, 0.25) is 0 Å². The molecule has 36 heavy (non-hydrogen) atoms. The van der Waals surface area contributed by atoms with Gasteiger partial charge in [-0.1, -0.05) is 48.0 Å². The van der Waals surface area contributed by atoms with E-state index in [1.165, 1.54) is 12.1 Å². The van der Waals surface area contributed by atoms with Gasteiger partial charge in [-0.3, -0.25) is 14.9 Å². The van der Waals surface area contributed by atoms with E-state index in [2.05, 4.69) is 21.2 Å². The molecule has 1 aliphatic rings. The van der Waals surface area contributed by atoms with Crippen molar-refractivity contribution in [1.82, 2.24) is 5.32 Å². The first-order valence-corrected chi connectivity index (χ1v) is 12.3. The van der Waals surface area contributed by atoms with Crippen molar-refractivity contribution in [2.75, 3.05) is 11.5 Å². The summed E-state index contributed by atoms with van der Waals surface area (Å²) in [6, 6.07) is 17.0. The molecule has 3 aromatic carbocycles. The predicted molar refractivity (Wildman–Crippen MR) is 141 cm³/mol. The van der Waals surface area contributed by atoms with Gasteiger partial charge in [-0.15, -0.1) is 0 Å². The molecule has 0 aliphatic carbocycles. The average molecular weight is 570 g/mol. The summed E-state index contributed by atoms with van der Waals surface area (Å²) < 4.78 is 12.4. The summed E-state index contributed by atoms with van der Waals surface area (Å²) in [5.74, 6) is -0.620. The summed E-state index contributed by atoms with van der Waals surface area (Å²) in [4.78, 5) is 39.2. The van der Waals surface area contributed by atoms with Crippen molar-refractivity contribution in [2.24, 2.45) is 0 Å². The van der Waals surface area contributed by atoms with E-state index >= 15 is 0 Å². The van der Waals surface area contributed by atoms with Gasteiger partial charge in [0, 0.05) is 5.02 Å². The van der Waals surface area contributed by atoms with Crippen LogP contribution in [0, 0.1) is 6.92 Å². The van der Waals surface area contributed by atoms with E-state index in [4.69, 9.17) is 21.1 Å². The van der Waals surface area contributed by atoms with Crippen LogP contribution in [0.3, 0.4) is 0 Å². The lowest BCUT2D eigenvalue weighted by Crippen LogP contribution is -2.54. The Morgan fingerprint density at radius 3 is 2.47 bits per heavy atom. The lowest BCUT2D eigenvalue weighted by molar-refractivity contribution is -0.122. The van der Waals surface area contributed by atoms with E-state index in [-0.39, 0.29) is 11.3 Å².